The van der Waals surface area contributed by atoms with Gasteiger partial charge in [-0.1, -0.05) is 54.2 Å². The SMILES string of the molecule is COc1cccc(CNC(=O)CSc2nc3ccccc3c(=O)n2-c2ccccc2C)c1. The number of rotatable bonds is 7. The number of amides is 1. The van der Waals surface area contributed by atoms with Crippen LogP contribution in [-0.4, -0.2) is 28.3 Å². The van der Waals surface area contributed by atoms with Crippen LogP contribution in [0.3, 0.4) is 0 Å². The fraction of sp³-hybridized carbons (Fsp3) is 0.160. The van der Waals surface area contributed by atoms with Gasteiger partial charge in [0.15, 0.2) is 5.16 Å². The smallest absolute Gasteiger partial charge is 0.266 e. The van der Waals surface area contributed by atoms with Crippen molar-refractivity contribution in [3.8, 4) is 11.4 Å². The molecule has 0 unspecified atom stereocenters. The molecule has 0 aliphatic carbocycles. The van der Waals surface area contributed by atoms with Crippen LogP contribution < -0.4 is 15.6 Å². The summed E-state index contributed by atoms with van der Waals surface area (Å²) in [4.78, 5) is 30.5. The lowest BCUT2D eigenvalue weighted by Gasteiger charge is -2.15. The number of carbonyl (C=O) groups excluding carboxylic acids is 1. The predicted octanol–water partition coefficient (Wildman–Crippen LogP) is 4.11. The van der Waals surface area contributed by atoms with Crippen LogP contribution in [0.1, 0.15) is 11.1 Å². The highest BCUT2D eigenvalue weighted by Gasteiger charge is 2.16. The molecule has 1 N–H and O–H groups in total. The number of hydrogen-bond acceptors (Lipinski definition) is 5. The van der Waals surface area contributed by atoms with E-state index in [2.05, 4.69) is 5.32 Å². The monoisotopic (exact) mass is 445 g/mol. The van der Waals surface area contributed by atoms with Gasteiger partial charge in [-0.15, -0.1) is 0 Å². The zero-order chi connectivity index (χ0) is 22.5. The first-order valence-electron chi connectivity index (χ1n) is 10.2. The van der Waals surface area contributed by atoms with Crippen LogP contribution >= 0.6 is 11.8 Å². The number of aryl methyl sites for hydroxylation is 1. The maximum absolute atomic E-state index is 13.3. The molecule has 0 aliphatic rings. The van der Waals surface area contributed by atoms with E-state index in [1.54, 1.807) is 17.7 Å². The topological polar surface area (TPSA) is 73.2 Å². The maximum atomic E-state index is 13.3. The van der Waals surface area contributed by atoms with E-state index in [1.807, 2.05) is 73.7 Å². The van der Waals surface area contributed by atoms with Crippen molar-refractivity contribution >= 4 is 28.6 Å². The Labute approximate surface area is 190 Å². The molecule has 6 nitrogen and oxygen atoms in total. The Kier molecular flexibility index (Phi) is 6.56. The van der Waals surface area contributed by atoms with Crippen molar-refractivity contribution in [2.24, 2.45) is 0 Å². The fourth-order valence-corrected chi connectivity index (χ4v) is 4.24. The van der Waals surface area contributed by atoms with E-state index in [0.29, 0.717) is 22.6 Å². The molecule has 0 fully saturated rings. The average Bonchev–Trinajstić information content (AvgIpc) is 2.82. The molecule has 162 valence electrons. The Morgan fingerprint density at radius 3 is 2.66 bits per heavy atom. The van der Waals surface area contributed by atoms with Gasteiger partial charge < -0.3 is 10.1 Å². The number of hydrogen-bond donors (Lipinski definition) is 1. The molecule has 0 atom stereocenters. The molecule has 0 saturated carbocycles. The number of aromatic nitrogens is 2. The van der Waals surface area contributed by atoms with Crippen LogP contribution in [0.25, 0.3) is 16.6 Å². The highest BCUT2D eigenvalue weighted by Crippen LogP contribution is 2.23. The summed E-state index contributed by atoms with van der Waals surface area (Å²) in [6, 6.07) is 22.5. The third kappa shape index (κ3) is 4.68. The molecule has 0 spiro atoms. The minimum atomic E-state index is -0.149. The third-order valence-electron chi connectivity index (χ3n) is 5.06. The number of nitrogens with zero attached hydrogens (tertiary/aromatic N) is 2. The van der Waals surface area contributed by atoms with E-state index in [9.17, 15) is 9.59 Å². The molecular weight excluding hydrogens is 422 g/mol. The van der Waals surface area contributed by atoms with Crippen LogP contribution in [0, 0.1) is 6.92 Å². The summed E-state index contributed by atoms with van der Waals surface area (Å²) in [5.41, 5.74) is 3.13. The Morgan fingerprint density at radius 1 is 1.06 bits per heavy atom. The summed E-state index contributed by atoms with van der Waals surface area (Å²) in [5, 5.41) is 3.94. The highest BCUT2D eigenvalue weighted by molar-refractivity contribution is 7.99. The van der Waals surface area contributed by atoms with Gasteiger partial charge in [-0.25, -0.2) is 4.98 Å². The van der Waals surface area contributed by atoms with Gasteiger partial charge in [-0.05, 0) is 48.4 Å². The van der Waals surface area contributed by atoms with Crippen molar-refractivity contribution in [2.45, 2.75) is 18.6 Å². The largest absolute Gasteiger partial charge is 0.497 e. The molecule has 0 bridgehead atoms. The summed E-state index contributed by atoms with van der Waals surface area (Å²) in [5.74, 6) is 0.742. The van der Waals surface area contributed by atoms with E-state index >= 15 is 0 Å². The highest BCUT2D eigenvalue weighted by atomic mass is 32.2. The first-order valence-corrected chi connectivity index (χ1v) is 11.2. The van der Waals surface area contributed by atoms with Crippen molar-refractivity contribution in [3.63, 3.8) is 0 Å². The van der Waals surface area contributed by atoms with E-state index in [-0.39, 0.29) is 17.2 Å². The average molecular weight is 446 g/mol. The molecule has 0 aliphatic heterocycles. The number of fused-ring (bicyclic) bond motifs is 1. The fourth-order valence-electron chi connectivity index (χ4n) is 3.40. The van der Waals surface area contributed by atoms with Gasteiger partial charge in [0.25, 0.3) is 5.56 Å². The normalized spacial score (nSPS) is 10.8. The quantitative estimate of drug-likeness (QED) is 0.342. The zero-order valence-corrected chi connectivity index (χ0v) is 18.7. The van der Waals surface area contributed by atoms with Crippen molar-refractivity contribution in [2.75, 3.05) is 12.9 Å². The number of ether oxygens (including phenoxy) is 1. The Balaban J connectivity index is 1.58. The second-order valence-corrected chi connectivity index (χ2v) is 8.20. The summed E-state index contributed by atoms with van der Waals surface area (Å²) < 4.78 is 6.82. The van der Waals surface area contributed by atoms with Crippen LogP contribution in [0.15, 0.2) is 82.7 Å². The molecule has 0 saturated heterocycles. The van der Waals surface area contributed by atoms with Crippen molar-refractivity contribution < 1.29 is 9.53 Å². The Morgan fingerprint density at radius 2 is 1.84 bits per heavy atom. The van der Waals surface area contributed by atoms with Gasteiger partial charge in [0, 0.05) is 6.54 Å². The molecule has 1 aromatic heterocycles. The molecule has 0 radical (unpaired) electrons. The minimum absolute atomic E-state index is 0.140. The van der Waals surface area contributed by atoms with Gasteiger partial charge in [-0.2, -0.15) is 0 Å². The standard InChI is InChI=1S/C25H23N3O3S/c1-17-8-3-6-13-22(17)28-24(30)20-11-4-5-12-21(20)27-25(28)32-16-23(29)26-15-18-9-7-10-19(14-18)31-2/h3-14H,15-16H2,1-2H3,(H,26,29). The zero-order valence-electron chi connectivity index (χ0n) is 17.9. The van der Waals surface area contributed by atoms with Gasteiger partial charge in [0.05, 0.1) is 29.5 Å². The van der Waals surface area contributed by atoms with E-state index in [0.717, 1.165) is 22.6 Å². The van der Waals surface area contributed by atoms with Crippen LogP contribution in [-0.2, 0) is 11.3 Å². The third-order valence-corrected chi connectivity index (χ3v) is 6.00. The molecule has 32 heavy (non-hydrogen) atoms. The van der Waals surface area contributed by atoms with Gasteiger partial charge in [-0.3, -0.25) is 14.2 Å². The van der Waals surface area contributed by atoms with Crippen molar-refractivity contribution in [1.29, 1.82) is 0 Å². The van der Waals surface area contributed by atoms with Crippen LogP contribution in [0.2, 0.25) is 0 Å². The molecule has 4 aromatic rings. The number of methoxy groups -OCH3 is 1. The lowest BCUT2D eigenvalue weighted by Crippen LogP contribution is -2.26. The molecule has 1 amide bonds. The molecule has 1 heterocycles. The minimum Gasteiger partial charge on any atom is -0.497 e. The van der Waals surface area contributed by atoms with Gasteiger partial charge >= 0.3 is 0 Å². The lowest BCUT2D eigenvalue weighted by molar-refractivity contribution is -0.118. The molecule has 4 rings (SSSR count). The van der Waals surface area contributed by atoms with Gasteiger partial charge in [0.1, 0.15) is 5.75 Å². The summed E-state index contributed by atoms with van der Waals surface area (Å²) in [7, 11) is 1.61. The van der Waals surface area contributed by atoms with Gasteiger partial charge in [0.2, 0.25) is 5.91 Å². The first-order chi connectivity index (χ1) is 15.6. The van der Waals surface area contributed by atoms with Crippen LogP contribution in [0.4, 0.5) is 0 Å². The first kappa shape index (κ1) is 21.6. The number of benzene rings is 3. The number of para-hydroxylation sites is 2. The Bertz CT molecular complexity index is 1330. The Hall–Kier alpha value is -3.58. The van der Waals surface area contributed by atoms with E-state index < -0.39 is 0 Å². The van der Waals surface area contributed by atoms with Crippen LogP contribution in [0.5, 0.6) is 5.75 Å². The number of nitrogens with one attached hydrogen (secondary N) is 1. The summed E-state index contributed by atoms with van der Waals surface area (Å²) in [6.45, 7) is 2.35. The maximum Gasteiger partial charge on any atom is 0.266 e. The lowest BCUT2D eigenvalue weighted by atomic mass is 10.2. The predicted molar refractivity (Wildman–Crippen MR) is 128 cm³/mol. The second kappa shape index (κ2) is 9.70. The molecular formula is C25H23N3O3S. The van der Waals surface area contributed by atoms with Crippen molar-refractivity contribution in [3.05, 3.63) is 94.3 Å². The van der Waals surface area contributed by atoms with E-state index in [4.69, 9.17) is 9.72 Å². The summed E-state index contributed by atoms with van der Waals surface area (Å²) in [6.07, 6.45) is 0. The molecule has 7 heteroatoms. The second-order valence-electron chi connectivity index (χ2n) is 7.26. The number of thioether (sulfide) groups is 1. The van der Waals surface area contributed by atoms with Crippen molar-refractivity contribution in [1.82, 2.24) is 14.9 Å². The number of carbonyl (C=O) groups is 1. The summed E-state index contributed by atoms with van der Waals surface area (Å²) >= 11 is 1.25. The molecule has 3 aromatic carbocycles. The van der Waals surface area contributed by atoms with E-state index in [1.165, 1.54) is 11.8 Å².